The number of rotatable bonds is 0. The van der Waals surface area contributed by atoms with E-state index in [1.165, 1.54) is 11.1 Å². The van der Waals surface area contributed by atoms with Crippen LogP contribution in [0.5, 0.6) is 0 Å². The molecule has 6 heteroatoms. The van der Waals surface area contributed by atoms with E-state index in [-0.39, 0.29) is 6.04 Å². The Kier molecular flexibility index (Phi) is 3.16. The molecule has 1 amide bonds. The SMILES string of the molecule is CC(C)(C)OC(=O)N1C2CCC1C(O)c1ccnc(F)c12. The number of nitrogens with zero attached hydrogens (tertiary/aromatic N) is 2. The second-order valence-corrected chi connectivity index (χ2v) is 6.60. The first-order valence-electron chi connectivity index (χ1n) is 7.13. The lowest BCUT2D eigenvalue weighted by Gasteiger charge is -2.39. The van der Waals surface area contributed by atoms with Crippen LogP contribution in [0.25, 0.3) is 0 Å². The number of halogens is 1. The maximum absolute atomic E-state index is 14.1. The van der Waals surface area contributed by atoms with Gasteiger partial charge in [0.15, 0.2) is 0 Å². The van der Waals surface area contributed by atoms with E-state index < -0.39 is 29.8 Å². The molecule has 3 rings (SSSR count). The van der Waals surface area contributed by atoms with E-state index >= 15 is 0 Å². The molecule has 1 N–H and O–H groups in total. The average Bonchev–Trinajstić information content (AvgIpc) is 2.74. The summed E-state index contributed by atoms with van der Waals surface area (Å²) in [6.07, 6.45) is 1.17. The minimum atomic E-state index is -0.899. The van der Waals surface area contributed by atoms with E-state index in [9.17, 15) is 14.3 Å². The van der Waals surface area contributed by atoms with Crippen LogP contribution in [0.15, 0.2) is 12.3 Å². The second kappa shape index (κ2) is 4.66. The smallest absolute Gasteiger partial charge is 0.411 e. The zero-order valence-corrected chi connectivity index (χ0v) is 12.3. The quantitative estimate of drug-likeness (QED) is 0.747. The van der Waals surface area contributed by atoms with Gasteiger partial charge >= 0.3 is 6.09 Å². The molecule has 3 atom stereocenters. The Hall–Kier alpha value is -1.69. The predicted octanol–water partition coefficient (Wildman–Crippen LogP) is 2.71. The average molecular weight is 294 g/mol. The number of amides is 1. The summed E-state index contributed by atoms with van der Waals surface area (Å²) in [6, 6.07) is 0.858. The van der Waals surface area contributed by atoms with Crippen LogP contribution in [0.4, 0.5) is 9.18 Å². The lowest BCUT2D eigenvalue weighted by atomic mass is 9.92. The summed E-state index contributed by atoms with van der Waals surface area (Å²) in [4.78, 5) is 17.5. The van der Waals surface area contributed by atoms with Gasteiger partial charge in [-0.2, -0.15) is 4.39 Å². The first kappa shape index (κ1) is 14.3. The third kappa shape index (κ3) is 2.27. The fraction of sp³-hybridized carbons (Fsp3) is 0.600. The van der Waals surface area contributed by atoms with Crippen molar-refractivity contribution in [2.75, 3.05) is 0 Å². The molecule has 0 aromatic carbocycles. The Morgan fingerprint density at radius 2 is 2.19 bits per heavy atom. The molecule has 0 saturated carbocycles. The summed E-state index contributed by atoms with van der Waals surface area (Å²) in [5.41, 5.74) is 0.231. The zero-order valence-electron chi connectivity index (χ0n) is 12.3. The van der Waals surface area contributed by atoms with Gasteiger partial charge in [0.2, 0.25) is 5.95 Å². The molecule has 3 heterocycles. The summed E-state index contributed by atoms with van der Waals surface area (Å²) in [5.74, 6) is -0.620. The van der Waals surface area contributed by atoms with Gasteiger partial charge in [0.1, 0.15) is 11.7 Å². The van der Waals surface area contributed by atoms with Crippen molar-refractivity contribution in [2.24, 2.45) is 0 Å². The van der Waals surface area contributed by atoms with Gasteiger partial charge in [-0.15, -0.1) is 0 Å². The zero-order chi connectivity index (χ0) is 15.4. The molecule has 0 radical (unpaired) electrons. The number of fused-ring (bicyclic) bond motifs is 4. The number of ether oxygens (including phenoxy) is 1. The van der Waals surface area contributed by atoms with Gasteiger partial charge < -0.3 is 9.84 Å². The summed E-state index contributed by atoms with van der Waals surface area (Å²) in [6.45, 7) is 5.34. The lowest BCUT2D eigenvalue weighted by Crippen LogP contribution is -2.46. The fourth-order valence-corrected chi connectivity index (χ4v) is 3.27. The van der Waals surface area contributed by atoms with Crippen molar-refractivity contribution in [1.29, 1.82) is 0 Å². The van der Waals surface area contributed by atoms with E-state index in [0.29, 0.717) is 24.0 Å². The molecule has 2 aliphatic heterocycles. The summed E-state index contributed by atoms with van der Waals surface area (Å²) in [5, 5.41) is 10.4. The Balaban J connectivity index is 2.00. The highest BCUT2D eigenvalue weighted by molar-refractivity contribution is 5.71. The molecular formula is C15H19FN2O3. The van der Waals surface area contributed by atoms with Crippen molar-refractivity contribution < 1.29 is 19.0 Å². The van der Waals surface area contributed by atoms with Crippen molar-refractivity contribution in [3.8, 4) is 0 Å². The standard InChI is InChI=1S/C15H19FN2O3/c1-15(2,3)21-14(20)18-9-4-5-10(18)12(19)8-6-7-17-13(16)11(8)9/h6-7,9-10,12,19H,4-5H2,1-3H3. The van der Waals surface area contributed by atoms with E-state index in [0.717, 1.165) is 0 Å². The molecular weight excluding hydrogens is 275 g/mol. The molecule has 2 bridgehead atoms. The molecule has 1 aromatic heterocycles. The highest BCUT2D eigenvalue weighted by Gasteiger charge is 2.50. The summed E-state index contributed by atoms with van der Waals surface area (Å²) >= 11 is 0. The van der Waals surface area contributed by atoms with E-state index in [4.69, 9.17) is 4.74 Å². The Morgan fingerprint density at radius 1 is 1.48 bits per heavy atom. The van der Waals surface area contributed by atoms with Crippen LogP contribution in [-0.2, 0) is 4.74 Å². The third-order valence-electron chi connectivity index (χ3n) is 4.02. The normalized spacial score (nSPS) is 27.5. The van der Waals surface area contributed by atoms with Crippen LogP contribution in [0.2, 0.25) is 0 Å². The molecule has 1 aromatic rings. The number of carbonyl (C=O) groups is 1. The highest BCUT2D eigenvalue weighted by Crippen LogP contribution is 2.49. The van der Waals surface area contributed by atoms with Crippen molar-refractivity contribution >= 4 is 6.09 Å². The molecule has 21 heavy (non-hydrogen) atoms. The van der Waals surface area contributed by atoms with Crippen molar-refractivity contribution in [3.63, 3.8) is 0 Å². The van der Waals surface area contributed by atoms with Gasteiger partial charge in [0.05, 0.1) is 12.1 Å². The molecule has 3 unspecified atom stereocenters. The van der Waals surface area contributed by atoms with Gasteiger partial charge in [-0.05, 0) is 45.2 Å². The van der Waals surface area contributed by atoms with Gasteiger partial charge in [-0.25, -0.2) is 9.78 Å². The largest absolute Gasteiger partial charge is 0.444 e. The molecule has 0 aliphatic carbocycles. The number of pyridine rings is 1. The Morgan fingerprint density at radius 3 is 2.86 bits per heavy atom. The third-order valence-corrected chi connectivity index (χ3v) is 4.02. The molecule has 1 saturated heterocycles. The number of aliphatic hydroxyl groups is 1. The monoisotopic (exact) mass is 294 g/mol. The maximum Gasteiger partial charge on any atom is 0.411 e. The molecule has 0 spiro atoms. The fourth-order valence-electron chi connectivity index (χ4n) is 3.27. The van der Waals surface area contributed by atoms with Gasteiger partial charge in [-0.3, -0.25) is 4.90 Å². The van der Waals surface area contributed by atoms with Crippen molar-refractivity contribution in [1.82, 2.24) is 9.88 Å². The molecule has 1 fully saturated rings. The summed E-state index contributed by atoms with van der Waals surface area (Å²) < 4.78 is 19.5. The number of hydrogen-bond donors (Lipinski definition) is 1. The molecule has 2 aliphatic rings. The number of hydrogen-bond acceptors (Lipinski definition) is 4. The van der Waals surface area contributed by atoms with E-state index in [1.807, 2.05) is 0 Å². The first-order valence-corrected chi connectivity index (χ1v) is 7.13. The van der Waals surface area contributed by atoms with Crippen molar-refractivity contribution in [3.05, 3.63) is 29.3 Å². The maximum atomic E-state index is 14.1. The summed E-state index contributed by atoms with van der Waals surface area (Å²) in [7, 11) is 0. The molecule has 114 valence electrons. The minimum absolute atomic E-state index is 0.324. The van der Waals surface area contributed by atoms with E-state index in [1.54, 1.807) is 26.8 Å². The lowest BCUT2D eigenvalue weighted by molar-refractivity contribution is -0.0121. The van der Waals surface area contributed by atoms with Crippen molar-refractivity contribution in [2.45, 2.75) is 57.4 Å². The van der Waals surface area contributed by atoms with Gasteiger partial charge in [0, 0.05) is 11.8 Å². The highest BCUT2D eigenvalue weighted by atomic mass is 19.1. The Labute approximate surface area is 122 Å². The van der Waals surface area contributed by atoms with Crippen LogP contribution in [0, 0.1) is 5.95 Å². The van der Waals surface area contributed by atoms with Crippen LogP contribution in [0.1, 0.15) is 56.9 Å². The van der Waals surface area contributed by atoms with Gasteiger partial charge in [0.25, 0.3) is 0 Å². The number of aliphatic hydroxyl groups excluding tert-OH is 1. The predicted molar refractivity (Wildman–Crippen MR) is 73.0 cm³/mol. The number of aromatic nitrogens is 1. The minimum Gasteiger partial charge on any atom is -0.444 e. The van der Waals surface area contributed by atoms with Crippen LogP contribution in [-0.4, -0.2) is 32.7 Å². The van der Waals surface area contributed by atoms with Crippen LogP contribution in [0.3, 0.4) is 0 Å². The first-order chi connectivity index (χ1) is 9.79. The van der Waals surface area contributed by atoms with Crippen LogP contribution >= 0.6 is 0 Å². The topological polar surface area (TPSA) is 62.7 Å². The Bertz CT molecular complexity index is 585. The number of carbonyl (C=O) groups excluding carboxylic acids is 1. The van der Waals surface area contributed by atoms with Crippen LogP contribution < -0.4 is 0 Å². The second-order valence-electron chi connectivity index (χ2n) is 6.60. The molecule has 5 nitrogen and oxygen atoms in total. The van der Waals surface area contributed by atoms with Gasteiger partial charge in [-0.1, -0.05) is 0 Å². The van der Waals surface area contributed by atoms with E-state index in [2.05, 4.69) is 4.98 Å².